The first-order valence-corrected chi connectivity index (χ1v) is 10.3. The van der Waals surface area contributed by atoms with Crippen molar-refractivity contribution in [2.24, 2.45) is 4.99 Å². The minimum absolute atomic E-state index is 0.152. The Kier molecular flexibility index (Phi) is 7.68. The smallest absolute Gasteiger partial charge is 0.219 e. The quantitative estimate of drug-likeness (QED) is 0.607. The highest BCUT2D eigenvalue weighted by atomic mass is 16.5. The van der Waals surface area contributed by atoms with Crippen LogP contribution in [0.3, 0.4) is 0 Å². The summed E-state index contributed by atoms with van der Waals surface area (Å²) in [6.45, 7) is 12.9. The van der Waals surface area contributed by atoms with Crippen LogP contribution in [-0.2, 0) is 22.6 Å². The third kappa shape index (κ3) is 5.69. The molecule has 1 N–H and O–H groups in total. The van der Waals surface area contributed by atoms with Crippen molar-refractivity contribution in [1.82, 2.24) is 20.0 Å². The van der Waals surface area contributed by atoms with E-state index in [9.17, 15) is 4.79 Å². The van der Waals surface area contributed by atoms with E-state index in [2.05, 4.69) is 46.3 Å². The standard InChI is InChI=1S/C21H33N5O2/c1-3-22-21(26-10-8-25(9-11-26)18(2)27)23-16-19-6-4-5-7-20(19)17-24-12-14-28-15-13-24/h4-7H,3,8-17H2,1-2H3,(H,22,23). The molecule has 28 heavy (non-hydrogen) atoms. The van der Waals surface area contributed by atoms with Crippen LogP contribution in [0.25, 0.3) is 0 Å². The van der Waals surface area contributed by atoms with Crippen LogP contribution in [0, 0.1) is 0 Å². The lowest BCUT2D eigenvalue weighted by Crippen LogP contribution is -2.53. The molecule has 3 rings (SSSR count). The van der Waals surface area contributed by atoms with Crippen molar-refractivity contribution in [3.63, 3.8) is 0 Å². The van der Waals surface area contributed by atoms with Crippen LogP contribution in [0.1, 0.15) is 25.0 Å². The van der Waals surface area contributed by atoms with Crippen LogP contribution in [0.2, 0.25) is 0 Å². The van der Waals surface area contributed by atoms with E-state index in [0.717, 1.165) is 71.5 Å². The maximum absolute atomic E-state index is 11.6. The summed E-state index contributed by atoms with van der Waals surface area (Å²) in [6.07, 6.45) is 0. The summed E-state index contributed by atoms with van der Waals surface area (Å²) in [5, 5.41) is 3.41. The molecular formula is C21H33N5O2. The number of nitrogens with zero attached hydrogens (tertiary/aromatic N) is 4. The molecule has 1 aromatic carbocycles. The van der Waals surface area contributed by atoms with Gasteiger partial charge in [-0.1, -0.05) is 24.3 Å². The van der Waals surface area contributed by atoms with E-state index in [0.29, 0.717) is 6.54 Å². The van der Waals surface area contributed by atoms with Gasteiger partial charge in [-0.3, -0.25) is 9.69 Å². The van der Waals surface area contributed by atoms with E-state index in [1.807, 2.05) is 4.90 Å². The van der Waals surface area contributed by atoms with Crippen LogP contribution >= 0.6 is 0 Å². The number of morpholine rings is 1. The molecule has 2 aliphatic heterocycles. The number of benzene rings is 1. The second-order valence-corrected chi connectivity index (χ2v) is 7.32. The van der Waals surface area contributed by atoms with Crippen LogP contribution in [0.5, 0.6) is 0 Å². The molecular weight excluding hydrogens is 354 g/mol. The molecule has 0 bridgehead atoms. The number of guanidine groups is 1. The Labute approximate surface area is 168 Å². The highest BCUT2D eigenvalue weighted by Gasteiger charge is 2.21. The average molecular weight is 388 g/mol. The molecule has 0 saturated carbocycles. The summed E-state index contributed by atoms with van der Waals surface area (Å²) >= 11 is 0. The third-order valence-electron chi connectivity index (χ3n) is 5.37. The van der Waals surface area contributed by atoms with E-state index >= 15 is 0 Å². The second kappa shape index (κ2) is 10.4. The van der Waals surface area contributed by atoms with E-state index in [4.69, 9.17) is 9.73 Å². The van der Waals surface area contributed by atoms with Crippen LogP contribution in [0.4, 0.5) is 0 Å². The molecule has 1 aromatic rings. The van der Waals surface area contributed by atoms with Crippen molar-refractivity contribution in [2.75, 3.05) is 59.0 Å². The first-order valence-electron chi connectivity index (χ1n) is 10.3. The molecule has 1 amide bonds. The van der Waals surface area contributed by atoms with Gasteiger partial charge in [-0.05, 0) is 18.1 Å². The van der Waals surface area contributed by atoms with E-state index < -0.39 is 0 Å². The monoisotopic (exact) mass is 387 g/mol. The Hall–Kier alpha value is -2.12. The first-order chi connectivity index (χ1) is 13.7. The number of rotatable bonds is 5. The van der Waals surface area contributed by atoms with Gasteiger partial charge in [-0.2, -0.15) is 0 Å². The molecule has 7 nitrogen and oxygen atoms in total. The van der Waals surface area contributed by atoms with Gasteiger partial charge < -0.3 is 19.9 Å². The number of aliphatic imine (C=N–C) groups is 1. The summed E-state index contributed by atoms with van der Waals surface area (Å²) in [7, 11) is 0. The Morgan fingerprint density at radius 1 is 1.04 bits per heavy atom. The van der Waals surface area contributed by atoms with E-state index in [-0.39, 0.29) is 5.91 Å². The number of hydrogen-bond donors (Lipinski definition) is 1. The Morgan fingerprint density at radius 3 is 2.32 bits per heavy atom. The number of carbonyl (C=O) groups excluding carboxylic acids is 1. The lowest BCUT2D eigenvalue weighted by atomic mass is 10.1. The zero-order valence-electron chi connectivity index (χ0n) is 17.2. The zero-order chi connectivity index (χ0) is 19.8. The number of hydrogen-bond acceptors (Lipinski definition) is 4. The summed E-state index contributed by atoms with van der Waals surface area (Å²) < 4.78 is 5.46. The fraction of sp³-hybridized carbons (Fsp3) is 0.619. The third-order valence-corrected chi connectivity index (χ3v) is 5.37. The molecule has 0 unspecified atom stereocenters. The summed E-state index contributed by atoms with van der Waals surface area (Å²) in [6, 6.07) is 8.58. The molecule has 2 heterocycles. The Morgan fingerprint density at radius 2 is 1.68 bits per heavy atom. The summed E-state index contributed by atoms with van der Waals surface area (Å²) in [5.74, 6) is 1.09. The first kappa shape index (κ1) is 20.6. The molecule has 7 heteroatoms. The van der Waals surface area contributed by atoms with E-state index in [1.54, 1.807) is 6.92 Å². The molecule has 154 valence electrons. The van der Waals surface area contributed by atoms with Gasteiger partial charge in [0.05, 0.1) is 19.8 Å². The molecule has 0 aliphatic carbocycles. The molecule has 2 fully saturated rings. The van der Waals surface area contributed by atoms with Gasteiger partial charge >= 0.3 is 0 Å². The predicted octanol–water partition coefficient (Wildman–Crippen LogP) is 1.15. The van der Waals surface area contributed by atoms with Crippen molar-refractivity contribution in [3.05, 3.63) is 35.4 Å². The molecule has 0 radical (unpaired) electrons. The topological polar surface area (TPSA) is 60.4 Å². The number of amides is 1. The van der Waals surface area contributed by atoms with Crippen molar-refractivity contribution >= 4 is 11.9 Å². The van der Waals surface area contributed by atoms with Crippen LogP contribution in [0.15, 0.2) is 29.3 Å². The van der Waals surface area contributed by atoms with Crippen molar-refractivity contribution in [1.29, 1.82) is 0 Å². The number of ether oxygens (including phenoxy) is 1. The van der Waals surface area contributed by atoms with Gasteiger partial charge in [0, 0.05) is 59.3 Å². The van der Waals surface area contributed by atoms with E-state index in [1.165, 1.54) is 11.1 Å². The van der Waals surface area contributed by atoms with Crippen molar-refractivity contribution < 1.29 is 9.53 Å². The fourth-order valence-electron chi connectivity index (χ4n) is 3.69. The lowest BCUT2D eigenvalue weighted by molar-refractivity contribution is -0.130. The Balaban J connectivity index is 1.65. The number of nitrogens with one attached hydrogen (secondary N) is 1. The maximum atomic E-state index is 11.6. The largest absolute Gasteiger partial charge is 0.379 e. The molecule has 2 aliphatic rings. The SMILES string of the molecule is CCNC(=NCc1ccccc1CN1CCOCC1)N1CCN(C(C)=O)CC1. The lowest BCUT2D eigenvalue weighted by Gasteiger charge is -2.36. The minimum atomic E-state index is 0.152. The van der Waals surface area contributed by atoms with Crippen LogP contribution in [-0.4, -0.2) is 85.6 Å². The molecule has 0 atom stereocenters. The summed E-state index contributed by atoms with van der Waals surface area (Å²) in [4.78, 5) is 23.1. The van der Waals surface area contributed by atoms with Gasteiger partial charge in [-0.15, -0.1) is 0 Å². The highest BCUT2D eigenvalue weighted by molar-refractivity contribution is 5.80. The van der Waals surface area contributed by atoms with Crippen molar-refractivity contribution in [3.8, 4) is 0 Å². The normalized spacial score (nSPS) is 19.0. The zero-order valence-corrected chi connectivity index (χ0v) is 17.2. The highest BCUT2D eigenvalue weighted by Crippen LogP contribution is 2.14. The van der Waals surface area contributed by atoms with Crippen molar-refractivity contribution in [2.45, 2.75) is 26.9 Å². The maximum Gasteiger partial charge on any atom is 0.219 e. The predicted molar refractivity (Wildman–Crippen MR) is 111 cm³/mol. The molecule has 0 spiro atoms. The Bertz CT molecular complexity index is 665. The van der Waals surface area contributed by atoms with Gasteiger partial charge in [0.15, 0.2) is 5.96 Å². The van der Waals surface area contributed by atoms with Gasteiger partial charge in [0.25, 0.3) is 0 Å². The van der Waals surface area contributed by atoms with Gasteiger partial charge in [0.2, 0.25) is 5.91 Å². The minimum Gasteiger partial charge on any atom is -0.379 e. The number of piperazine rings is 1. The summed E-state index contributed by atoms with van der Waals surface area (Å²) in [5.41, 5.74) is 2.61. The number of carbonyl (C=O) groups is 1. The fourth-order valence-corrected chi connectivity index (χ4v) is 3.69. The van der Waals surface area contributed by atoms with Gasteiger partial charge in [-0.25, -0.2) is 4.99 Å². The second-order valence-electron chi connectivity index (χ2n) is 7.32. The average Bonchev–Trinajstić information content (AvgIpc) is 2.73. The molecule has 0 aromatic heterocycles. The van der Waals surface area contributed by atoms with Gasteiger partial charge in [0.1, 0.15) is 0 Å². The molecule has 2 saturated heterocycles. The van der Waals surface area contributed by atoms with Crippen LogP contribution < -0.4 is 5.32 Å².